The third kappa shape index (κ3) is 2.77. The van der Waals surface area contributed by atoms with Gasteiger partial charge in [0.2, 0.25) is 0 Å². The number of piperazine rings is 1. The lowest BCUT2D eigenvalue weighted by Gasteiger charge is -2.36. The maximum absolute atomic E-state index is 4.59. The molecule has 4 nitrogen and oxygen atoms in total. The molecule has 5 heteroatoms. The summed E-state index contributed by atoms with van der Waals surface area (Å²) in [7, 11) is 0. The Bertz CT molecular complexity index is 559. The number of aryl methyl sites for hydroxylation is 2. The van der Waals surface area contributed by atoms with Gasteiger partial charge in [0.25, 0.3) is 0 Å². The van der Waals surface area contributed by atoms with E-state index in [1.54, 1.807) is 0 Å². The molecule has 0 bridgehead atoms. The van der Waals surface area contributed by atoms with Crippen molar-refractivity contribution >= 4 is 22.2 Å². The minimum absolute atomic E-state index is 0.875. The van der Waals surface area contributed by atoms with Gasteiger partial charge in [-0.1, -0.05) is 6.92 Å². The fourth-order valence-electron chi connectivity index (χ4n) is 2.56. The lowest BCUT2D eigenvalue weighted by Crippen LogP contribution is -2.46. The fourth-order valence-corrected chi connectivity index (χ4v) is 3.35. The van der Waals surface area contributed by atoms with Crippen LogP contribution in [0.1, 0.15) is 18.4 Å². The molecular weight excluding hydrogens is 268 g/mol. The lowest BCUT2D eigenvalue weighted by atomic mass is 10.2. The van der Waals surface area contributed by atoms with Crippen molar-refractivity contribution in [1.82, 2.24) is 9.97 Å². The monoisotopic (exact) mass is 288 g/mol. The number of thiophene rings is 1. The zero-order chi connectivity index (χ0) is 13.9. The van der Waals surface area contributed by atoms with Gasteiger partial charge in [0.15, 0.2) is 0 Å². The maximum Gasteiger partial charge on any atom is 0.132 e. The predicted molar refractivity (Wildman–Crippen MR) is 84.9 cm³/mol. The molecule has 3 heterocycles. The molecule has 0 N–H and O–H groups in total. The molecule has 0 amide bonds. The summed E-state index contributed by atoms with van der Waals surface area (Å²) in [6.45, 7) is 8.29. The number of aromatic nitrogens is 2. The van der Waals surface area contributed by atoms with E-state index in [9.17, 15) is 0 Å². The highest BCUT2D eigenvalue weighted by atomic mass is 32.1. The van der Waals surface area contributed by atoms with Gasteiger partial charge in [0.05, 0.1) is 5.00 Å². The largest absolute Gasteiger partial charge is 0.360 e. The van der Waals surface area contributed by atoms with Gasteiger partial charge in [-0.15, -0.1) is 11.3 Å². The predicted octanol–water partition coefficient (Wildman–Crippen LogP) is 2.74. The molecular formula is C15H20N4S. The van der Waals surface area contributed by atoms with Gasteiger partial charge >= 0.3 is 0 Å². The minimum Gasteiger partial charge on any atom is -0.360 e. The van der Waals surface area contributed by atoms with Crippen molar-refractivity contribution < 1.29 is 0 Å². The standard InChI is InChI=1S/C15H20N4S/c1-3-13-11-14(17-12(2)16-13)18-6-8-19(9-7-18)15-5-4-10-20-15/h4-5,10-11H,3,6-9H2,1-2H3. The Morgan fingerprint density at radius 2 is 1.90 bits per heavy atom. The Morgan fingerprint density at radius 3 is 2.55 bits per heavy atom. The van der Waals surface area contributed by atoms with Crippen molar-refractivity contribution in [3.05, 3.63) is 35.1 Å². The number of rotatable bonds is 3. The first-order chi connectivity index (χ1) is 9.76. The first kappa shape index (κ1) is 13.4. The van der Waals surface area contributed by atoms with E-state index in [1.807, 2.05) is 18.3 Å². The molecule has 1 aliphatic rings. The van der Waals surface area contributed by atoms with Crippen LogP contribution in [0.2, 0.25) is 0 Å². The third-order valence-corrected chi connectivity index (χ3v) is 4.59. The Kier molecular flexibility index (Phi) is 3.87. The van der Waals surface area contributed by atoms with Crippen molar-refractivity contribution in [3.63, 3.8) is 0 Å². The molecule has 0 aromatic carbocycles. The first-order valence-corrected chi connectivity index (χ1v) is 8.02. The van der Waals surface area contributed by atoms with Gasteiger partial charge in [-0.05, 0) is 30.9 Å². The van der Waals surface area contributed by atoms with E-state index >= 15 is 0 Å². The number of nitrogens with zero attached hydrogens (tertiary/aromatic N) is 4. The van der Waals surface area contributed by atoms with Crippen molar-refractivity contribution in [2.24, 2.45) is 0 Å². The highest BCUT2D eigenvalue weighted by Gasteiger charge is 2.19. The highest BCUT2D eigenvalue weighted by Crippen LogP contribution is 2.24. The summed E-state index contributed by atoms with van der Waals surface area (Å²) in [5, 5.41) is 3.51. The smallest absolute Gasteiger partial charge is 0.132 e. The molecule has 0 saturated carbocycles. The second-order valence-electron chi connectivity index (χ2n) is 5.04. The summed E-state index contributed by atoms with van der Waals surface area (Å²) in [4.78, 5) is 13.9. The SMILES string of the molecule is CCc1cc(N2CCN(c3cccs3)CC2)nc(C)n1. The van der Waals surface area contributed by atoms with Crippen LogP contribution < -0.4 is 9.80 Å². The summed E-state index contributed by atoms with van der Waals surface area (Å²) in [5.41, 5.74) is 1.13. The van der Waals surface area contributed by atoms with Crippen LogP contribution in [0.3, 0.4) is 0 Å². The summed E-state index contributed by atoms with van der Waals surface area (Å²) >= 11 is 1.82. The van der Waals surface area contributed by atoms with Gasteiger partial charge < -0.3 is 9.80 Å². The average Bonchev–Trinajstić information content (AvgIpc) is 3.01. The first-order valence-electron chi connectivity index (χ1n) is 7.14. The highest BCUT2D eigenvalue weighted by molar-refractivity contribution is 7.14. The van der Waals surface area contributed by atoms with Crippen molar-refractivity contribution in [1.29, 1.82) is 0 Å². The molecule has 0 spiro atoms. The third-order valence-electron chi connectivity index (χ3n) is 3.66. The Balaban J connectivity index is 1.70. The molecule has 106 valence electrons. The molecule has 20 heavy (non-hydrogen) atoms. The van der Waals surface area contributed by atoms with Crippen LogP contribution in [-0.4, -0.2) is 36.1 Å². The molecule has 3 rings (SSSR count). The van der Waals surface area contributed by atoms with Gasteiger partial charge in [0, 0.05) is 37.9 Å². The van der Waals surface area contributed by atoms with E-state index < -0.39 is 0 Å². The molecule has 0 aliphatic carbocycles. The fraction of sp³-hybridized carbons (Fsp3) is 0.467. The molecule has 1 aliphatic heterocycles. The van der Waals surface area contributed by atoms with E-state index in [-0.39, 0.29) is 0 Å². The Hall–Kier alpha value is -1.62. The van der Waals surface area contributed by atoms with Crippen molar-refractivity contribution in [3.8, 4) is 0 Å². The second kappa shape index (κ2) is 5.79. The second-order valence-corrected chi connectivity index (χ2v) is 5.97. The maximum atomic E-state index is 4.59. The van der Waals surface area contributed by atoms with Crippen LogP contribution in [0.25, 0.3) is 0 Å². The van der Waals surface area contributed by atoms with Crippen LogP contribution >= 0.6 is 11.3 Å². The van der Waals surface area contributed by atoms with E-state index in [2.05, 4.69) is 50.3 Å². The molecule has 1 saturated heterocycles. The minimum atomic E-state index is 0.875. The van der Waals surface area contributed by atoms with Crippen LogP contribution in [0.15, 0.2) is 23.6 Å². The van der Waals surface area contributed by atoms with E-state index in [0.717, 1.165) is 49.9 Å². The molecule has 1 fully saturated rings. The van der Waals surface area contributed by atoms with Gasteiger partial charge in [-0.2, -0.15) is 0 Å². The molecule has 0 unspecified atom stereocenters. The topological polar surface area (TPSA) is 32.3 Å². The Labute approximate surface area is 124 Å². The van der Waals surface area contributed by atoms with Gasteiger partial charge in [0.1, 0.15) is 11.6 Å². The summed E-state index contributed by atoms with van der Waals surface area (Å²) < 4.78 is 0. The van der Waals surface area contributed by atoms with E-state index in [0.29, 0.717) is 0 Å². The van der Waals surface area contributed by atoms with Gasteiger partial charge in [-0.25, -0.2) is 9.97 Å². The molecule has 2 aromatic rings. The van der Waals surface area contributed by atoms with Crippen molar-refractivity contribution in [2.75, 3.05) is 36.0 Å². The summed E-state index contributed by atoms with van der Waals surface area (Å²) in [6, 6.07) is 6.45. The van der Waals surface area contributed by atoms with Crippen LogP contribution in [-0.2, 0) is 6.42 Å². The molecule has 2 aromatic heterocycles. The van der Waals surface area contributed by atoms with Crippen LogP contribution in [0, 0.1) is 6.92 Å². The zero-order valence-electron chi connectivity index (χ0n) is 12.0. The summed E-state index contributed by atoms with van der Waals surface area (Å²) in [6.07, 6.45) is 0.964. The van der Waals surface area contributed by atoms with E-state index in [4.69, 9.17) is 0 Å². The molecule has 0 radical (unpaired) electrons. The number of anilines is 2. The average molecular weight is 288 g/mol. The van der Waals surface area contributed by atoms with Crippen LogP contribution in [0.4, 0.5) is 10.8 Å². The van der Waals surface area contributed by atoms with Gasteiger partial charge in [-0.3, -0.25) is 0 Å². The Morgan fingerprint density at radius 1 is 1.15 bits per heavy atom. The van der Waals surface area contributed by atoms with Crippen molar-refractivity contribution in [2.45, 2.75) is 20.3 Å². The van der Waals surface area contributed by atoms with E-state index in [1.165, 1.54) is 5.00 Å². The normalized spacial score (nSPS) is 15.7. The number of hydrogen-bond donors (Lipinski definition) is 0. The number of hydrogen-bond acceptors (Lipinski definition) is 5. The lowest BCUT2D eigenvalue weighted by molar-refractivity contribution is 0.648. The summed E-state index contributed by atoms with van der Waals surface area (Å²) in [5.74, 6) is 1.96. The molecule has 0 atom stereocenters. The quantitative estimate of drug-likeness (QED) is 0.869. The van der Waals surface area contributed by atoms with Crippen LogP contribution in [0.5, 0.6) is 0 Å². The zero-order valence-corrected chi connectivity index (χ0v) is 12.9.